The summed E-state index contributed by atoms with van der Waals surface area (Å²) < 4.78 is 5.32. The molecule has 2 amide bonds. The van der Waals surface area contributed by atoms with E-state index in [4.69, 9.17) is 17.0 Å². The van der Waals surface area contributed by atoms with E-state index < -0.39 is 12.0 Å². The number of hydrogen-bond donors (Lipinski definition) is 2. The highest BCUT2D eigenvalue weighted by Crippen LogP contribution is 2.12. The van der Waals surface area contributed by atoms with Gasteiger partial charge in [0.25, 0.3) is 0 Å². The zero-order valence-electron chi connectivity index (χ0n) is 18.2. The van der Waals surface area contributed by atoms with Crippen molar-refractivity contribution in [1.29, 1.82) is 0 Å². The molecule has 0 saturated carbocycles. The maximum Gasteiger partial charge on any atom is 0.308 e. The van der Waals surface area contributed by atoms with Crippen LogP contribution in [-0.4, -0.2) is 53.5 Å². The Bertz CT molecular complexity index is 742. The fourth-order valence-corrected chi connectivity index (χ4v) is 3.78. The molecule has 170 valence electrons. The molecular weight excluding hydrogens is 414 g/mol. The predicted octanol–water partition coefficient (Wildman–Crippen LogP) is 2.72. The van der Waals surface area contributed by atoms with E-state index in [1.165, 1.54) is 6.42 Å². The molecule has 1 saturated heterocycles. The minimum atomic E-state index is -0.782. The Kier molecular flexibility index (Phi) is 11.0. The molecule has 7 nitrogen and oxygen atoms in total. The van der Waals surface area contributed by atoms with Crippen molar-refractivity contribution in [2.24, 2.45) is 0 Å². The quantitative estimate of drug-likeness (QED) is 0.308. The van der Waals surface area contributed by atoms with Gasteiger partial charge in [0, 0.05) is 25.9 Å². The number of ether oxygens (including phenoxy) is 1. The number of hydrogen-bond acceptors (Lipinski definition) is 5. The second-order valence-corrected chi connectivity index (χ2v) is 8.06. The minimum Gasteiger partial charge on any atom is -0.465 e. The van der Waals surface area contributed by atoms with Crippen LogP contribution in [0.15, 0.2) is 30.3 Å². The number of amides is 2. The summed E-state index contributed by atoms with van der Waals surface area (Å²) in [4.78, 5) is 38.5. The van der Waals surface area contributed by atoms with E-state index in [-0.39, 0.29) is 30.0 Å². The molecular formula is C23H33N3O4S. The van der Waals surface area contributed by atoms with Crippen LogP contribution in [-0.2, 0) is 25.5 Å². The summed E-state index contributed by atoms with van der Waals surface area (Å²) in [7, 11) is 0. The van der Waals surface area contributed by atoms with Crippen LogP contribution in [0, 0.1) is 0 Å². The smallest absolute Gasteiger partial charge is 0.308 e. The van der Waals surface area contributed by atoms with Crippen LogP contribution in [0.3, 0.4) is 0 Å². The van der Waals surface area contributed by atoms with Crippen molar-refractivity contribution in [3.8, 4) is 0 Å². The number of benzene rings is 1. The molecule has 1 atom stereocenters. The lowest BCUT2D eigenvalue weighted by Gasteiger charge is -2.36. The van der Waals surface area contributed by atoms with E-state index in [0.717, 1.165) is 31.2 Å². The van der Waals surface area contributed by atoms with Gasteiger partial charge in [-0.25, -0.2) is 0 Å². The van der Waals surface area contributed by atoms with Crippen LogP contribution in [0.1, 0.15) is 57.4 Å². The zero-order valence-corrected chi connectivity index (χ0v) is 19.0. The van der Waals surface area contributed by atoms with E-state index in [0.29, 0.717) is 25.9 Å². The number of piperazine rings is 1. The fourth-order valence-electron chi connectivity index (χ4n) is 3.45. The SMILES string of the molecule is CCCCCCCC(=O)NC(=S)N1CCNC(=O)C1CC(=O)OCCc1ccccc1. The van der Waals surface area contributed by atoms with Crippen LogP contribution in [0.4, 0.5) is 0 Å². The molecule has 0 aliphatic carbocycles. The van der Waals surface area contributed by atoms with Crippen LogP contribution < -0.4 is 10.6 Å². The molecule has 0 aromatic heterocycles. The first-order valence-corrected chi connectivity index (χ1v) is 11.5. The Balaban J connectivity index is 1.79. The van der Waals surface area contributed by atoms with Crippen molar-refractivity contribution >= 4 is 35.1 Å². The van der Waals surface area contributed by atoms with E-state index in [1.54, 1.807) is 4.90 Å². The Morgan fingerprint density at radius 1 is 1.19 bits per heavy atom. The summed E-state index contributed by atoms with van der Waals surface area (Å²) >= 11 is 5.37. The molecule has 1 aliphatic rings. The number of nitrogens with one attached hydrogen (secondary N) is 2. The summed E-state index contributed by atoms with van der Waals surface area (Å²) in [5.41, 5.74) is 1.07. The first kappa shape index (κ1) is 24.8. The molecule has 2 rings (SSSR count). The van der Waals surface area contributed by atoms with Gasteiger partial charge in [0.2, 0.25) is 11.8 Å². The maximum atomic E-state index is 12.4. The lowest BCUT2D eigenvalue weighted by atomic mass is 10.1. The van der Waals surface area contributed by atoms with Gasteiger partial charge in [0.15, 0.2) is 5.11 Å². The molecule has 1 aromatic rings. The standard InChI is InChI=1S/C23H33N3O4S/c1-2-3-4-5-9-12-20(27)25-23(31)26-15-14-24-22(29)19(26)17-21(28)30-16-13-18-10-7-6-8-11-18/h6-8,10-11,19H,2-5,9,12-17H2,1H3,(H,24,29)(H,25,27,31). The molecule has 1 aliphatic heterocycles. The van der Waals surface area contributed by atoms with Crippen molar-refractivity contribution < 1.29 is 19.1 Å². The van der Waals surface area contributed by atoms with Crippen molar-refractivity contribution in [2.45, 2.75) is 64.3 Å². The second kappa shape index (κ2) is 13.7. The van der Waals surface area contributed by atoms with Crippen molar-refractivity contribution in [2.75, 3.05) is 19.7 Å². The molecule has 0 spiro atoms. The third-order valence-electron chi connectivity index (χ3n) is 5.20. The molecule has 0 bridgehead atoms. The highest BCUT2D eigenvalue weighted by atomic mass is 32.1. The fraction of sp³-hybridized carbons (Fsp3) is 0.565. The number of nitrogens with zero attached hydrogens (tertiary/aromatic N) is 1. The molecule has 0 radical (unpaired) electrons. The van der Waals surface area contributed by atoms with E-state index in [9.17, 15) is 14.4 Å². The van der Waals surface area contributed by atoms with Crippen molar-refractivity contribution in [1.82, 2.24) is 15.5 Å². The third kappa shape index (κ3) is 9.04. The average Bonchev–Trinajstić information content (AvgIpc) is 2.75. The first-order chi connectivity index (χ1) is 15.0. The molecule has 2 N–H and O–H groups in total. The van der Waals surface area contributed by atoms with Crippen molar-refractivity contribution in [3.63, 3.8) is 0 Å². The summed E-state index contributed by atoms with van der Waals surface area (Å²) in [6, 6.07) is 8.95. The van der Waals surface area contributed by atoms with E-state index in [1.807, 2.05) is 30.3 Å². The molecule has 1 fully saturated rings. The minimum absolute atomic E-state index is 0.117. The number of esters is 1. The monoisotopic (exact) mass is 447 g/mol. The number of thiocarbonyl (C=S) groups is 1. The summed E-state index contributed by atoms with van der Waals surface area (Å²) in [5.74, 6) is -0.910. The zero-order chi connectivity index (χ0) is 22.5. The number of rotatable bonds is 11. The Hall–Kier alpha value is -2.48. The van der Waals surface area contributed by atoms with Gasteiger partial charge < -0.3 is 20.3 Å². The van der Waals surface area contributed by atoms with Crippen LogP contribution in [0.5, 0.6) is 0 Å². The first-order valence-electron chi connectivity index (χ1n) is 11.1. The predicted molar refractivity (Wildman–Crippen MR) is 123 cm³/mol. The van der Waals surface area contributed by atoms with Crippen LogP contribution in [0.25, 0.3) is 0 Å². The number of unbranched alkanes of at least 4 members (excludes halogenated alkanes) is 4. The highest BCUT2D eigenvalue weighted by molar-refractivity contribution is 7.80. The van der Waals surface area contributed by atoms with E-state index in [2.05, 4.69) is 17.6 Å². The molecule has 1 aromatic carbocycles. The second-order valence-electron chi connectivity index (χ2n) is 7.68. The van der Waals surface area contributed by atoms with Gasteiger partial charge >= 0.3 is 5.97 Å². The number of carbonyl (C=O) groups is 3. The Labute approximate surface area is 189 Å². The van der Waals surface area contributed by atoms with Crippen LogP contribution >= 0.6 is 12.2 Å². The van der Waals surface area contributed by atoms with Gasteiger partial charge in [-0.15, -0.1) is 0 Å². The van der Waals surface area contributed by atoms with Gasteiger partial charge in [-0.3, -0.25) is 14.4 Å². The van der Waals surface area contributed by atoms with Gasteiger partial charge in [0.05, 0.1) is 13.0 Å². The third-order valence-corrected chi connectivity index (χ3v) is 5.54. The summed E-state index contributed by atoms with van der Waals surface area (Å²) in [5, 5.41) is 5.66. The number of carbonyl (C=O) groups excluding carboxylic acids is 3. The van der Waals surface area contributed by atoms with Gasteiger partial charge in [0.1, 0.15) is 6.04 Å². The normalized spacial score (nSPS) is 15.8. The van der Waals surface area contributed by atoms with Gasteiger partial charge in [-0.2, -0.15) is 0 Å². The summed E-state index contributed by atoms with van der Waals surface area (Å²) in [6.07, 6.45) is 6.16. The topological polar surface area (TPSA) is 87.7 Å². The molecule has 1 unspecified atom stereocenters. The Morgan fingerprint density at radius 3 is 2.68 bits per heavy atom. The van der Waals surface area contributed by atoms with Crippen molar-refractivity contribution in [3.05, 3.63) is 35.9 Å². The van der Waals surface area contributed by atoms with Crippen LogP contribution in [0.2, 0.25) is 0 Å². The maximum absolute atomic E-state index is 12.4. The molecule has 8 heteroatoms. The average molecular weight is 448 g/mol. The molecule has 31 heavy (non-hydrogen) atoms. The van der Waals surface area contributed by atoms with E-state index >= 15 is 0 Å². The largest absolute Gasteiger partial charge is 0.465 e. The Morgan fingerprint density at radius 2 is 1.94 bits per heavy atom. The lowest BCUT2D eigenvalue weighted by molar-refractivity contribution is -0.147. The van der Waals surface area contributed by atoms with Gasteiger partial charge in [-0.1, -0.05) is 62.9 Å². The highest BCUT2D eigenvalue weighted by Gasteiger charge is 2.34. The summed E-state index contributed by atoms with van der Waals surface area (Å²) in [6.45, 7) is 3.24. The molecule has 1 heterocycles. The van der Waals surface area contributed by atoms with Gasteiger partial charge in [-0.05, 0) is 24.2 Å². The lowest BCUT2D eigenvalue weighted by Crippen LogP contribution is -2.60.